The van der Waals surface area contributed by atoms with Gasteiger partial charge in [-0.15, -0.1) is 6.58 Å². The van der Waals surface area contributed by atoms with Crippen molar-refractivity contribution in [2.24, 2.45) is 11.8 Å². The molecule has 3 fully saturated rings. The number of methoxy groups -OCH3 is 1. The summed E-state index contributed by atoms with van der Waals surface area (Å²) in [5.41, 5.74) is 4.35. The fourth-order valence-corrected chi connectivity index (χ4v) is 11.2. The summed E-state index contributed by atoms with van der Waals surface area (Å²) in [5, 5.41) is 11.5. The summed E-state index contributed by atoms with van der Waals surface area (Å²) in [5.74, 6) is 3.20. The van der Waals surface area contributed by atoms with E-state index in [1.54, 1.807) is 13.2 Å². The maximum atomic E-state index is 14.9. The molecule has 0 aromatic heterocycles. The quantitative estimate of drug-likeness (QED) is 0.144. The maximum absolute atomic E-state index is 14.9. The van der Waals surface area contributed by atoms with Crippen molar-refractivity contribution in [2.45, 2.75) is 113 Å². The van der Waals surface area contributed by atoms with E-state index in [1.165, 1.54) is 49.7 Å². The Morgan fingerprint density at radius 2 is 1.76 bits per heavy atom. The van der Waals surface area contributed by atoms with Gasteiger partial charge in [-0.05, 0) is 61.6 Å². The van der Waals surface area contributed by atoms with Crippen molar-refractivity contribution in [1.82, 2.24) is 9.80 Å². The molecule has 2 bridgehead atoms. The average Bonchev–Trinajstić information content (AvgIpc) is 3.51. The van der Waals surface area contributed by atoms with Crippen molar-refractivity contribution < 1.29 is 19.4 Å². The van der Waals surface area contributed by atoms with Crippen molar-refractivity contribution in [2.75, 3.05) is 26.7 Å². The Labute approximate surface area is 304 Å². The molecule has 51 heavy (non-hydrogen) atoms. The first-order chi connectivity index (χ1) is 25.0. The van der Waals surface area contributed by atoms with Crippen molar-refractivity contribution >= 4 is 5.91 Å². The smallest absolute Gasteiger partial charge is 0.222 e. The molecule has 3 aromatic rings. The second-order valence-electron chi connectivity index (χ2n) is 16.1. The molecule has 5 aliphatic rings. The minimum absolute atomic E-state index is 0.0419. The SMILES string of the molecule is C=CCN1CC[C@]23c4c5c(O)cc(OC)c4O[C@H]2[C@@H](N(CC(c2ccccc2)c2ccccc2)C(=O)CCCCC2CCCCC2)CC[C@H]3[C@H]1C5. The lowest BCUT2D eigenvalue weighted by atomic mass is 9.50. The Bertz CT molecular complexity index is 1650. The summed E-state index contributed by atoms with van der Waals surface area (Å²) in [6, 6.07) is 23.4. The highest BCUT2D eigenvalue weighted by Gasteiger charge is 2.67. The molecule has 1 amide bonds. The highest BCUT2D eigenvalue weighted by Crippen LogP contribution is 2.65. The van der Waals surface area contributed by atoms with Crippen LogP contribution in [0.2, 0.25) is 0 Å². The van der Waals surface area contributed by atoms with Crippen LogP contribution >= 0.6 is 0 Å². The molecule has 1 spiro atoms. The molecule has 0 radical (unpaired) electrons. The van der Waals surface area contributed by atoms with E-state index < -0.39 is 0 Å². The molecule has 270 valence electrons. The first-order valence-corrected chi connectivity index (χ1v) is 19.9. The van der Waals surface area contributed by atoms with E-state index in [2.05, 4.69) is 77.0 Å². The molecule has 3 aromatic carbocycles. The van der Waals surface area contributed by atoms with E-state index >= 15 is 0 Å². The number of carbonyl (C=O) groups is 1. The van der Waals surface area contributed by atoms with Gasteiger partial charge in [0, 0.05) is 54.1 Å². The van der Waals surface area contributed by atoms with Crippen LogP contribution in [0.25, 0.3) is 0 Å². The van der Waals surface area contributed by atoms with Crippen molar-refractivity contribution in [3.05, 3.63) is 102 Å². The minimum atomic E-state index is -0.283. The van der Waals surface area contributed by atoms with Crippen molar-refractivity contribution in [3.8, 4) is 17.2 Å². The molecule has 0 unspecified atom stereocenters. The van der Waals surface area contributed by atoms with Gasteiger partial charge in [-0.25, -0.2) is 0 Å². The van der Waals surface area contributed by atoms with Gasteiger partial charge in [0.15, 0.2) is 11.5 Å². The number of carbonyl (C=O) groups excluding carboxylic acids is 1. The molecule has 2 heterocycles. The monoisotopic (exact) mass is 688 g/mol. The molecule has 8 rings (SSSR count). The fourth-order valence-electron chi connectivity index (χ4n) is 11.2. The number of piperidine rings is 1. The topological polar surface area (TPSA) is 62.2 Å². The van der Waals surface area contributed by atoms with Crippen LogP contribution in [0.3, 0.4) is 0 Å². The Morgan fingerprint density at radius 1 is 1.04 bits per heavy atom. The Hall–Kier alpha value is -3.77. The number of likely N-dealkylation sites (tertiary alicyclic amines) is 1. The zero-order valence-electron chi connectivity index (χ0n) is 30.5. The van der Waals surface area contributed by atoms with Gasteiger partial charge in [0.2, 0.25) is 5.91 Å². The summed E-state index contributed by atoms with van der Waals surface area (Å²) in [4.78, 5) is 19.7. The standard InChI is InChI=1S/C45H56N2O4/c1-3-26-46-27-25-45-36-23-24-37(44(45)51-43-40(50-2)29-39(48)34(42(43)45)28-38(36)46)47(41(49)22-14-13-17-31-15-7-4-8-16-31)30-35(32-18-9-5-10-19-32)33-20-11-6-12-21-33/h3,5-6,9-12,18-21,29,31,35-38,44,48H,1,4,7-8,13-17,22-28,30H2,2H3/t36-,37-,38+,44-,45-/m0/s1. The highest BCUT2D eigenvalue weighted by atomic mass is 16.5. The third kappa shape index (κ3) is 6.15. The molecule has 6 nitrogen and oxygen atoms in total. The Balaban J connectivity index is 1.16. The van der Waals surface area contributed by atoms with Crippen molar-refractivity contribution in [3.63, 3.8) is 0 Å². The zero-order valence-corrected chi connectivity index (χ0v) is 30.5. The van der Waals surface area contributed by atoms with E-state index in [0.717, 1.165) is 74.4 Å². The van der Waals surface area contributed by atoms with Crippen LogP contribution in [0.15, 0.2) is 79.4 Å². The number of amides is 1. The van der Waals surface area contributed by atoms with Crippen molar-refractivity contribution in [1.29, 1.82) is 0 Å². The van der Waals surface area contributed by atoms with Crippen LogP contribution < -0.4 is 9.47 Å². The van der Waals surface area contributed by atoms with Crippen LogP contribution in [0, 0.1) is 11.8 Å². The summed E-state index contributed by atoms with van der Waals surface area (Å²) in [7, 11) is 1.67. The molecule has 2 aliphatic heterocycles. The second kappa shape index (κ2) is 14.7. The van der Waals surface area contributed by atoms with Gasteiger partial charge in [0.05, 0.1) is 13.2 Å². The van der Waals surface area contributed by atoms with Crippen LogP contribution in [0.5, 0.6) is 17.2 Å². The van der Waals surface area contributed by atoms with Crippen LogP contribution in [0.1, 0.15) is 105 Å². The summed E-state index contributed by atoms with van der Waals surface area (Å²) in [6.45, 7) is 6.48. The van der Waals surface area contributed by atoms with Gasteiger partial charge >= 0.3 is 0 Å². The van der Waals surface area contributed by atoms with E-state index in [1.807, 2.05) is 6.08 Å². The Morgan fingerprint density at radius 3 is 2.45 bits per heavy atom. The molecule has 3 aliphatic carbocycles. The van der Waals surface area contributed by atoms with Gasteiger partial charge in [0.25, 0.3) is 0 Å². The van der Waals surface area contributed by atoms with E-state index in [0.29, 0.717) is 36.4 Å². The fraction of sp³-hybridized carbons (Fsp3) is 0.533. The maximum Gasteiger partial charge on any atom is 0.222 e. The number of aromatic hydroxyl groups is 1. The van der Waals surface area contributed by atoms with Gasteiger partial charge < -0.3 is 19.5 Å². The van der Waals surface area contributed by atoms with Gasteiger partial charge in [-0.1, -0.05) is 112 Å². The summed E-state index contributed by atoms with van der Waals surface area (Å²) >= 11 is 0. The lowest BCUT2D eigenvalue weighted by Gasteiger charge is -2.60. The summed E-state index contributed by atoms with van der Waals surface area (Å²) in [6.07, 6.45) is 16.1. The third-order valence-corrected chi connectivity index (χ3v) is 13.6. The van der Waals surface area contributed by atoms with E-state index in [9.17, 15) is 9.90 Å². The predicted molar refractivity (Wildman–Crippen MR) is 203 cm³/mol. The normalized spacial score (nSPS) is 26.7. The number of phenols is 1. The van der Waals surface area contributed by atoms with Crippen LogP contribution in [0.4, 0.5) is 0 Å². The second-order valence-corrected chi connectivity index (χ2v) is 16.1. The molecule has 1 N–H and O–H groups in total. The molecule has 1 saturated heterocycles. The van der Waals surface area contributed by atoms with Gasteiger partial charge in [0.1, 0.15) is 11.9 Å². The lowest BCUT2D eigenvalue weighted by molar-refractivity contribution is -0.143. The number of nitrogens with zero attached hydrogens (tertiary/aromatic N) is 2. The number of unbranched alkanes of at least 4 members (excludes halogenated alkanes) is 1. The number of benzene rings is 3. The van der Waals surface area contributed by atoms with E-state index in [-0.39, 0.29) is 29.4 Å². The predicted octanol–water partition coefficient (Wildman–Crippen LogP) is 8.80. The molecule has 5 atom stereocenters. The minimum Gasteiger partial charge on any atom is -0.508 e. The Kier molecular flexibility index (Phi) is 9.89. The molecular formula is C45H56N2O4. The number of hydrogen-bond donors (Lipinski definition) is 1. The first-order valence-electron chi connectivity index (χ1n) is 19.9. The average molecular weight is 689 g/mol. The largest absolute Gasteiger partial charge is 0.508 e. The van der Waals surface area contributed by atoms with Gasteiger partial charge in [-0.3, -0.25) is 9.69 Å². The zero-order chi connectivity index (χ0) is 35.0. The highest BCUT2D eigenvalue weighted by molar-refractivity contribution is 5.77. The molecule has 2 saturated carbocycles. The number of rotatable bonds is 13. The first kappa shape index (κ1) is 34.3. The molecule has 6 heteroatoms. The molecular weight excluding hydrogens is 633 g/mol. The summed E-state index contributed by atoms with van der Waals surface area (Å²) < 4.78 is 13.1. The van der Waals surface area contributed by atoms with Crippen LogP contribution in [-0.2, 0) is 16.6 Å². The number of ether oxygens (including phenoxy) is 2. The third-order valence-electron chi connectivity index (χ3n) is 13.6. The lowest BCUT2D eigenvalue weighted by Crippen LogP contribution is -2.69. The van der Waals surface area contributed by atoms with E-state index in [4.69, 9.17) is 9.47 Å². The number of hydrogen-bond acceptors (Lipinski definition) is 5. The van der Waals surface area contributed by atoms with Crippen LogP contribution in [-0.4, -0.2) is 65.7 Å². The number of phenolic OH excluding ortho intramolecular Hbond substituents is 1. The van der Waals surface area contributed by atoms with Gasteiger partial charge in [-0.2, -0.15) is 0 Å².